The van der Waals surface area contributed by atoms with E-state index in [9.17, 15) is 20.0 Å². The molecule has 1 heterocycles. The summed E-state index contributed by atoms with van der Waals surface area (Å²) in [5.41, 5.74) is 3.60. The van der Waals surface area contributed by atoms with Crippen LogP contribution in [0.15, 0.2) is 65.9 Å². The standard InChI is InChI=1S/C29H29N3O7/c1-4-39-24-10-9-16(14-25(24)37-2)17-11-21-27(23(33)13-17)28(31-20-8-6-5-7-19(20)30-21)18-12-22(32(35)36)29(34)26(15-18)38-3/h5-10,12,14-15,17,28,30-31,34H,4,11,13H2,1-3H3. The van der Waals surface area contributed by atoms with Gasteiger partial charge in [-0.3, -0.25) is 14.9 Å². The topological polar surface area (TPSA) is 132 Å². The number of anilines is 2. The number of carbonyl (C=O) groups excluding carboxylic acids is 1. The highest BCUT2D eigenvalue weighted by molar-refractivity contribution is 6.01. The number of carbonyl (C=O) groups is 1. The van der Waals surface area contributed by atoms with Crippen LogP contribution < -0.4 is 24.8 Å². The van der Waals surface area contributed by atoms with E-state index >= 15 is 0 Å². The maximum atomic E-state index is 13.9. The molecule has 0 saturated carbocycles. The number of para-hydroxylation sites is 2. The third-order valence-electron chi connectivity index (χ3n) is 7.10. The summed E-state index contributed by atoms with van der Waals surface area (Å²) in [4.78, 5) is 24.9. The molecule has 5 rings (SSSR count). The zero-order valence-corrected chi connectivity index (χ0v) is 21.8. The number of phenols is 1. The number of nitrogens with one attached hydrogen (secondary N) is 2. The smallest absolute Gasteiger partial charge is 0.315 e. The number of ketones is 1. The Morgan fingerprint density at radius 1 is 0.974 bits per heavy atom. The Bertz CT molecular complexity index is 1480. The molecular formula is C29H29N3O7. The van der Waals surface area contributed by atoms with E-state index in [1.807, 2.05) is 49.4 Å². The number of nitrogens with zero attached hydrogens (tertiary/aromatic N) is 1. The average molecular weight is 532 g/mol. The summed E-state index contributed by atoms with van der Waals surface area (Å²) in [5.74, 6) is 0.413. The van der Waals surface area contributed by atoms with E-state index in [0.29, 0.717) is 35.7 Å². The van der Waals surface area contributed by atoms with Gasteiger partial charge in [0, 0.05) is 23.8 Å². The van der Waals surface area contributed by atoms with E-state index in [2.05, 4.69) is 10.6 Å². The van der Waals surface area contributed by atoms with Crippen LogP contribution in [0.4, 0.5) is 17.1 Å². The SMILES string of the molecule is CCOc1ccc(C2CC(=O)C3=C(C2)Nc2ccccc2NC3c2cc(OC)c(O)c([N+](=O)[O-])c2)cc1OC. The molecule has 10 heteroatoms. The molecule has 0 bridgehead atoms. The fourth-order valence-electron chi connectivity index (χ4n) is 5.27. The quantitative estimate of drug-likeness (QED) is 0.260. The number of nitro benzene ring substituents is 1. The maximum Gasteiger partial charge on any atom is 0.315 e. The lowest BCUT2D eigenvalue weighted by atomic mass is 9.78. The highest BCUT2D eigenvalue weighted by Crippen LogP contribution is 2.47. The van der Waals surface area contributed by atoms with E-state index < -0.39 is 22.4 Å². The number of fused-ring (bicyclic) bond motifs is 1. The van der Waals surface area contributed by atoms with Crippen LogP contribution in [0.5, 0.6) is 23.0 Å². The van der Waals surface area contributed by atoms with Crippen LogP contribution in [0.3, 0.4) is 0 Å². The molecular weight excluding hydrogens is 502 g/mol. The highest BCUT2D eigenvalue weighted by atomic mass is 16.6. The zero-order chi connectivity index (χ0) is 27.7. The lowest BCUT2D eigenvalue weighted by Crippen LogP contribution is -2.27. The van der Waals surface area contributed by atoms with Gasteiger partial charge in [-0.2, -0.15) is 0 Å². The molecule has 2 unspecified atom stereocenters. The first-order chi connectivity index (χ1) is 18.8. The minimum absolute atomic E-state index is 0.0451. The van der Waals surface area contributed by atoms with Gasteiger partial charge >= 0.3 is 5.69 Å². The number of benzene rings is 3. The van der Waals surface area contributed by atoms with Crippen LogP contribution >= 0.6 is 0 Å². The number of nitro groups is 1. The predicted molar refractivity (Wildman–Crippen MR) is 146 cm³/mol. The van der Waals surface area contributed by atoms with Crippen molar-refractivity contribution < 1.29 is 29.0 Å². The van der Waals surface area contributed by atoms with Gasteiger partial charge in [0.05, 0.1) is 43.2 Å². The van der Waals surface area contributed by atoms with Crippen LogP contribution in [0.2, 0.25) is 0 Å². The number of Topliss-reactive ketones (excluding diaryl/α,β-unsaturated/α-hetero) is 1. The first kappa shape index (κ1) is 25.9. The van der Waals surface area contributed by atoms with Gasteiger partial charge in [0.2, 0.25) is 5.75 Å². The molecule has 0 radical (unpaired) electrons. The molecule has 2 atom stereocenters. The Hall–Kier alpha value is -4.73. The number of ether oxygens (including phenoxy) is 3. The fourth-order valence-corrected chi connectivity index (χ4v) is 5.27. The molecule has 39 heavy (non-hydrogen) atoms. The minimum atomic E-state index is -0.715. The normalized spacial score (nSPS) is 18.2. The third-order valence-corrected chi connectivity index (χ3v) is 7.10. The molecule has 0 amide bonds. The van der Waals surface area contributed by atoms with Gasteiger partial charge in [-0.25, -0.2) is 0 Å². The molecule has 0 aromatic heterocycles. The molecule has 2 aliphatic rings. The number of allylic oxidation sites excluding steroid dienone is 1. The Labute approximate surface area is 225 Å². The molecule has 1 aliphatic carbocycles. The summed E-state index contributed by atoms with van der Waals surface area (Å²) in [6.45, 7) is 2.41. The largest absolute Gasteiger partial charge is 0.500 e. The van der Waals surface area contributed by atoms with Crippen molar-refractivity contribution in [3.63, 3.8) is 0 Å². The van der Waals surface area contributed by atoms with Crippen LogP contribution in [-0.4, -0.2) is 36.6 Å². The molecule has 0 saturated heterocycles. The van der Waals surface area contributed by atoms with Gasteiger partial charge in [0.15, 0.2) is 23.0 Å². The molecule has 1 aliphatic heterocycles. The second kappa shape index (κ2) is 10.6. The first-order valence-corrected chi connectivity index (χ1v) is 12.6. The van der Waals surface area contributed by atoms with E-state index in [1.54, 1.807) is 7.11 Å². The lowest BCUT2D eigenvalue weighted by Gasteiger charge is -2.30. The zero-order valence-electron chi connectivity index (χ0n) is 21.8. The van der Waals surface area contributed by atoms with Crippen molar-refractivity contribution in [3.8, 4) is 23.0 Å². The number of aromatic hydroxyl groups is 1. The van der Waals surface area contributed by atoms with Gasteiger partial charge < -0.3 is 30.0 Å². The van der Waals surface area contributed by atoms with Crippen LogP contribution in [0.25, 0.3) is 0 Å². The summed E-state index contributed by atoms with van der Waals surface area (Å²) < 4.78 is 16.4. The Morgan fingerprint density at radius 2 is 1.69 bits per heavy atom. The highest BCUT2D eigenvalue weighted by Gasteiger charge is 2.37. The number of methoxy groups -OCH3 is 2. The molecule has 3 N–H and O–H groups in total. The van der Waals surface area contributed by atoms with Crippen molar-refractivity contribution in [2.45, 2.75) is 31.7 Å². The van der Waals surface area contributed by atoms with E-state index in [1.165, 1.54) is 19.2 Å². The van der Waals surface area contributed by atoms with Gasteiger partial charge in [-0.15, -0.1) is 0 Å². The second-order valence-corrected chi connectivity index (χ2v) is 9.36. The third kappa shape index (κ3) is 4.81. The molecule has 0 spiro atoms. The van der Waals surface area contributed by atoms with Gasteiger partial charge in [0.25, 0.3) is 0 Å². The molecule has 3 aromatic carbocycles. The van der Waals surface area contributed by atoms with Crippen molar-refractivity contribution in [2.75, 3.05) is 31.5 Å². The fraction of sp³-hybridized carbons (Fsp3) is 0.276. The van der Waals surface area contributed by atoms with Crippen molar-refractivity contribution in [3.05, 3.63) is 87.1 Å². The van der Waals surface area contributed by atoms with Gasteiger partial charge in [0.1, 0.15) is 0 Å². The summed E-state index contributed by atoms with van der Waals surface area (Å²) in [7, 11) is 2.91. The van der Waals surface area contributed by atoms with Crippen molar-refractivity contribution >= 4 is 22.8 Å². The summed E-state index contributed by atoms with van der Waals surface area (Å²) in [5, 5.41) is 28.9. The summed E-state index contributed by atoms with van der Waals surface area (Å²) in [6, 6.07) is 15.3. The van der Waals surface area contributed by atoms with Crippen LogP contribution in [0.1, 0.15) is 42.9 Å². The number of rotatable bonds is 7. The summed E-state index contributed by atoms with van der Waals surface area (Å²) >= 11 is 0. The monoisotopic (exact) mass is 531 g/mol. The maximum absolute atomic E-state index is 13.9. The molecule has 202 valence electrons. The van der Waals surface area contributed by atoms with Crippen LogP contribution in [-0.2, 0) is 4.79 Å². The Kier molecular flexibility index (Phi) is 7.02. The number of phenolic OH excluding ortho intramolecular Hbond substituents is 1. The van der Waals surface area contributed by atoms with Crippen molar-refractivity contribution in [2.24, 2.45) is 0 Å². The Balaban J connectivity index is 1.62. The second-order valence-electron chi connectivity index (χ2n) is 9.36. The number of hydrogen-bond donors (Lipinski definition) is 3. The number of hydrogen-bond acceptors (Lipinski definition) is 9. The molecule has 3 aromatic rings. The van der Waals surface area contributed by atoms with Crippen molar-refractivity contribution in [1.29, 1.82) is 0 Å². The first-order valence-electron chi connectivity index (χ1n) is 12.6. The van der Waals surface area contributed by atoms with Gasteiger partial charge in [-0.1, -0.05) is 18.2 Å². The average Bonchev–Trinajstić information content (AvgIpc) is 3.10. The van der Waals surface area contributed by atoms with Gasteiger partial charge in [-0.05, 0) is 60.7 Å². The van der Waals surface area contributed by atoms with E-state index in [-0.39, 0.29) is 23.9 Å². The molecule has 10 nitrogen and oxygen atoms in total. The Morgan fingerprint density at radius 3 is 2.38 bits per heavy atom. The predicted octanol–water partition coefficient (Wildman–Crippen LogP) is 5.70. The summed E-state index contributed by atoms with van der Waals surface area (Å²) in [6.07, 6.45) is 0.769. The lowest BCUT2D eigenvalue weighted by molar-refractivity contribution is -0.386. The van der Waals surface area contributed by atoms with E-state index in [0.717, 1.165) is 22.6 Å². The minimum Gasteiger partial charge on any atom is -0.500 e. The van der Waals surface area contributed by atoms with Crippen LogP contribution in [0, 0.1) is 10.1 Å². The van der Waals surface area contributed by atoms with Crippen molar-refractivity contribution in [1.82, 2.24) is 0 Å². The molecule has 0 fully saturated rings. The van der Waals surface area contributed by atoms with E-state index in [4.69, 9.17) is 14.2 Å².